The fourth-order valence-electron chi connectivity index (χ4n) is 2.96. The summed E-state index contributed by atoms with van der Waals surface area (Å²) in [5.74, 6) is 0.946. The number of hydrogen-bond acceptors (Lipinski definition) is 4. The minimum atomic E-state index is 0.389. The molecule has 0 N–H and O–H groups in total. The summed E-state index contributed by atoms with van der Waals surface area (Å²) >= 11 is 5.66. The van der Waals surface area contributed by atoms with Crippen LogP contribution in [-0.4, -0.2) is 45.0 Å². The lowest BCUT2D eigenvalue weighted by Gasteiger charge is -2.32. The summed E-state index contributed by atoms with van der Waals surface area (Å²) in [6.07, 6.45) is 0. The highest BCUT2D eigenvalue weighted by atomic mass is 32.1. The van der Waals surface area contributed by atoms with Gasteiger partial charge >= 0.3 is 0 Å². The molecule has 2 aromatic rings. The molecule has 0 spiro atoms. The Labute approximate surface area is 142 Å². The second kappa shape index (κ2) is 6.95. The summed E-state index contributed by atoms with van der Waals surface area (Å²) < 4.78 is 10.3. The average molecular weight is 332 g/mol. The van der Waals surface area contributed by atoms with E-state index in [1.807, 2.05) is 4.68 Å². The van der Waals surface area contributed by atoms with Gasteiger partial charge in [0.1, 0.15) is 0 Å². The van der Waals surface area contributed by atoms with Crippen molar-refractivity contribution >= 4 is 12.2 Å². The van der Waals surface area contributed by atoms with Crippen LogP contribution in [0, 0.1) is 11.7 Å². The number of rotatable bonds is 4. The number of morpholine rings is 1. The molecule has 1 aromatic heterocycles. The predicted molar refractivity (Wildman–Crippen MR) is 93.9 cm³/mol. The standard InChI is InChI=1S/C17H24N4OS/c1-4-20-16(15-7-5-6-13(2)10-15)18-21(17(20)23)12-19-8-9-22-11-14(19)3/h5-7,10,14H,4,8-9,11-12H2,1-3H3. The highest BCUT2D eigenvalue weighted by Gasteiger charge is 2.21. The number of ether oxygens (including phenoxy) is 1. The van der Waals surface area contributed by atoms with Crippen LogP contribution in [0.25, 0.3) is 11.4 Å². The molecule has 1 unspecified atom stereocenters. The Morgan fingerprint density at radius 1 is 1.39 bits per heavy atom. The van der Waals surface area contributed by atoms with Gasteiger partial charge in [-0.25, -0.2) is 4.68 Å². The van der Waals surface area contributed by atoms with Gasteiger partial charge in [-0.3, -0.25) is 4.90 Å². The van der Waals surface area contributed by atoms with E-state index in [9.17, 15) is 0 Å². The van der Waals surface area contributed by atoms with Crippen molar-refractivity contribution in [2.45, 2.75) is 40.0 Å². The van der Waals surface area contributed by atoms with Crippen LogP contribution in [0.5, 0.6) is 0 Å². The van der Waals surface area contributed by atoms with E-state index in [4.69, 9.17) is 22.1 Å². The second-order valence-corrected chi connectivity index (χ2v) is 6.46. The van der Waals surface area contributed by atoms with Crippen molar-refractivity contribution in [2.24, 2.45) is 0 Å². The molecule has 2 heterocycles. The third-order valence-corrected chi connectivity index (χ3v) is 4.77. The van der Waals surface area contributed by atoms with Crippen molar-refractivity contribution in [2.75, 3.05) is 19.8 Å². The molecule has 124 valence electrons. The molecule has 1 aromatic carbocycles. The van der Waals surface area contributed by atoms with Gasteiger partial charge in [0.25, 0.3) is 0 Å². The van der Waals surface area contributed by atoms with Gasteiger partial charge in [0.2, 0.25) is 0 Å². The number of aryl methyl sites for hydroxylation is 1. The van der Waals surface area contributed by atoms with Gasteiger partial charge in [-0.2, -0.15) is 5.10 Å². The van der Waals surface area contributed by atoms with Crippen LogP contribution in [0.4, 0.5) is 0 Å². The summed E-state index contributed by atoms with van der Waals surface area (Å²) in [6.45, 7) is 10.4. The molecular formula is C17H24N4OS. The van der Waals surface area contributed by atoms with Gasteiger partial charge in [0, 0.05) is 24.7 Å². The second-order valence-electron chi connectivity index (χ2n) is 6.10. The Bertz CT molecular complexity index is 736. The Morgan fingerprint density at radius 3 is 2.91 bits per heavy atom. The smallest absolute Gasteiger partial charge is 0.199 e. The van der Waals surface area contributed by atoms with Gasteiger partial charge in [0.15, 0.2) is 10.6 Å². The van der Waals surface area contributed by atoms with Gasteiger partial charge in [0.05, 0.1) is 19.9 Å². The van der Waals surface area contributed by atoms with Crippen molar-refractivity contribution in [3.63, 3.8) is 0 Å². The maximum absolute atomic E-state index is 5.66. The number of hydrogen-bond donors (Lipinski definition) is 0. The van der Waals surface area contributed by atoms with Crippen LogP contribution in [0.1, 0.15) is 19.4 Å². The summed E-state index contributed by atoms with van der Waals surface area (Å²) in [5, 5.41) is 4.81. The van der Waals surface area contributed by atoms with Crippen molar-refractivity contribution in [1.82, 2.24) is 19.2 Å². The van der Waals surface area contributed by atoms with Crippen molar-refractivity contribution in [3.8, 4) is 11.4 Å². The van der Waals surface area contributed by atoms with Gasteiger partial charge in [-0.05, 0) is 39.1 Å². The highest BCUT2D eigenvalue weighted by molar-refractivity contribution is 7.71. The van der Waals surface area contributed by atoms with Crippen molar-refractivity contribution in [1.29, 1.82) is 0 Å². The molecule has 1 atom stereocenters. The Hall–Kier alpha value is -1.50. The molecule has 0 radical (unpaired) electrons. The molecule has 0 bridgehead atoms. The lowest BCUT2D eigenvalue weighted by Crippen LogP contribution is -2.44. The van der Waals surface area contributed by atoms with E-state index in [1.165, 1.54) is 5.56 Å². The molecule has 3 rings (SSSR count). The zero-order valence-corrected chi connectivity index (χ0v) is 14.8. The van der Waals surface area contributed by atoms with Crippen molar-refractivity contribution in [3.05, 3.63) is 34.6 Å². The first-order chi connectivity index (χ1) is 11.1. The zero-order valence-electron chi connectivity index (χ0n) is 14.0. The fraction of sp³-hybridized carbons (Fsp3) is 0.529. The lowest BCUT2D eigenvalue weighted by molar-refractivity contribution is -0.0175. The summed E-state index contributed by atoms with van der Waals surface area (Å²) in [7, 11) is 0. The SMILES string of the molecule is CCn1c(-c2cccc(C)c2)nn(CN2CCOCC2C)c1=S. The average Bonchev–Trinajstić information content (AvgIpc) is 2.86. The normalized spacial score (nSPS) is 19.2. The maximum Gasteiger partial charge on any atom is 0.199 e. The lowest BCUT2D eigenvalue weighted by atomic mass is 10.1. The quantitative estimate of drug-likeness (QED) is 0.806. The fourth-order valence-corrected chi connectivity index (χ4v) is 3.27. The Kier molecular flexibility index (Phi) is 4.94. The molecule has 1 fully saturated rings. The van der Waals surface area contributed by atoms with E-state index >= 15 is 0 Å². The van der Waals surface area contributed by atoms with Gasteiger partial charge in [-0.1, -0.05) is 23.8 Å². The molecule has 1 saturated heterocycles. The molecule has 5 nitrogen and oxygen atoms in total. The predicted octanol–water partition coefficient (Wildman–Crippen LogP) is 3.09. The summed E-state index contributed by atoms with van der Waals surface area (Å²) in [6, 6.07) is 8.81. The van der Waals surface area contributed by atoms with Crippen LogP contribution in [0.15, 0.2) is 24.3 Å². The van der Waals surface area contributed by atoms with Gasteiger partial charge < -0.3 is 9.30 Å². The van der Waals surface area contributed by atoms with Gasteiger partial charge in [-0.15, -0.1) is 0 Å². The van der Waals surface area contributed by atoms with Crippen molar-refractivity contribution < 1.29 is 4.74 Å². The van der Waals surface area contributed by atoms with E-state index in [-0.39, 0.29) is 0 Å². The first-order valence-electron chi connectivity index (χ1n) is 8.16. The monoisotopic (exact) mass is 332 g/mol. The largest absolute Gasteiger partial charge is 0.379 e. The molecule has 0 aliphatic carbocycles. The summed E-state index contributed by atoms with van der Waals surface area (Å²) in [4.78, 5) is 2.37. The first-order valence-corrected chi connectivity index (χ1v) is 8.57. The van der Waals surface area contributed by atoms with Crippen LogP contribution < -0.4 is 0 Å². The maximum atomic E-state index is 5.66. The molecule has 0 saturated carbocycles. The molecular weight excluding hydrogens is 308 g/mol. The van der Waals surface area contributed by atoms with Crippen LogP contribution in [0.3, 0.4) is 0 Å². The van der Waals surface area contributed by atoms with Crippen LogP contribution in [0.2, 0.25) is 0 Å². The first kappa shape index (κ1) is 16.4. The third kappa shape index (κ3) is 3.39. The topological polar surface area (TPSA) is 35.2 Å². The molecule has 6 heteroatoms. The number of aromatic nitrogens is 3. The zero-order chi connectivity index (χ0) is 16.4. The molecule has 1 aliphatic heterocycles. The van der Waals surface area contributed by atoms with Crippen LogP contribution in [-0.2, 0) is 18.0 Å². The number of benzene rings is 1. The minimum absolute atomic E-state index is 0.389. The van der Waals surface area contributed by atoms with Crippen LogP contribution >= 0.6 is 12.2 Å². The van der Waals surface area contributed by atoms with E-state index < -0.39 is 0 Å². The van der Waals surface area contributed by atoms with E-state index in [1.54, 1.807) is 0 Å². The molecule has 0 amide bonds. The van der Waals surface area contributed by atoms with E-state index in [2.05, 4.69) is 54.5 Å². The Balaban J connectivity index is 1.95. The summed E-state index contributed by atoms with van der Waals surface area (Å²) in [5.41, 5.74) is 2.35. The molecule has 23 heavy (non-hydrogen) atoms. The highest BCUT2D eigenvalue weighted by Crippen LogP contribution is 2.20. The Morgan fingerprint density at radius 2 is 2.22 bits per heavy atom. The van der Waals surface area contributed by atoms with E-state index in [0.717, 1.165) is 49.1 Å². The number of nitrogens with zero attached hydrogens (tertiary/aromatic N) is 4. The minimum Gasteiger partial charge on any atom is -0.379 e. The third-order valence-electron chi connectivity index (χ3n) is 4.34. The van der Waals surface area contributed by atoms with E-state index in [0.29, 0.717) is 6.04 Å². The molecule has 1 aliphatic rings.